The number of carbonyl (C=O) groups excluding carboxylic acids is 1. The molecule has 4 rings (SSSR count). The topological polar surface area (TPSA) is 54.0 Å². The van der Waals surface area contributed by atoms with Crippen LogP contribution in [0.25, 0.3) is 5.57 Å². The second-order valence-corrected chi connectivity index (χ2v) is 7.61. The van der Waals surface area contributed by atoms with Gasteiger partial charge in [0, 0.05) is 6.42 Å². The number of rotatable bonds is 4. The predicted octanol–water partition coefficient (Wildman–Crippen LogP) is 3.95. The highest BCUT2D eigenvalue weighted by Gasteiger charge is 2.44. The second kappa shape index (κ2) is 6.95. The van der Waals surface area contributed by atoms with Crippen molar-refractivity contribution in [3.63, 3.8) is 0 Å². The second-order valence-electron chi connectivity index (χ2n) is 7.61. The first kappa shape index (κ1) is 17.4. The number of fused-ring (bicyclic) bond motifs is 2. The zero-order chi connectivity index (χ0) is 18.3. The summed E-state index contributed by atoms with van der Waals surface area (Å²) in [5.74, 6) is 1.86. The van der Waals surface area contributed by atoms with Gasteiger partial charge in [0.1, 0.15) is 6.10 Å². The Kier molecular flexibility index (Phi) is 4.65. The molecule has 4 atom stereocenters. The highest BCUT2D eigenvalue weighted by molar-refractivity contribution is 6.22. The first-order valence-corrected chi connectivity index (χ1v) is 9.52. The molecule has 0 spiro atoms. The average molecular weight is 358 g/mol. The molecule has 0 radical (unpaired) electrons. The van der Waals surface area contributed by atoms with E-state index in [1.165, 1.54) is 0 Å². The lowest BCUT2D eigenvalue weighted by atomic mass is 9.72. The Bertz CT molecular complexity index is 723. The SMILES string of the molecule is CCC1CC2C(=O)C(c3ccc4c(c3)OCO4)=COC2CC1OC(C)C. The fourth-order valence-corrected chi connectivity index (χ4v) is 4.28. The molecule has 0 N–H and O–H groups in total. The van der Waals surface area contributed by atoms with Gasteiger partial charge in [0.15, 0.2) is 17.3 Å². The first-order chi connectivity index (χ1) is 12.6. The fraction of sp³-hybridized carbons (Fsp3) is 0.571. The quantitative estimate of drug-likeness (QED) is 0.816. The van der Waals surface area contributed by atoms with Crippen molar-refractivity contribution in [2.45, 2.75) is 58.3 Å². The van der Waals surface area contributed by atoms with Crippen LogP contribution in [-0.4, -0.2) is 30.9 Å². The molecule has 1 aromatic carbocycles. The molecule has 1 aromatic rings. The van der Waals surface area contributed by atoms with Crippen molar-refractivity contribution in [2.75, 3.05) is 6.79 Å². The van der Waals surface area contributed by atoms with Gasteiger partial charge in [-0.3, -0.25) is 4.79 Å². The van der Waals surface area contributed by atoms with Gasteiger partial charge in [-0.1, -0.05) is 19.4 Å². The summed E-state index contributed by atoms with van der Waals surface area (Å²) in [4.78, 5) is 13.2. The van der Waals surface area contributed by atoms with Gasteiger partial charge in [-0.2, -0.15) is 0 Å². The van der Waals surface area contributed by atoms with Crippen LogP contribution in [0.5, 0.6) is 11.5 Å². The monoisotopic (exact) mass is 358 g/mol. The highest BCUT2D eigenvalue weighted by atomic mass is 16.7. The highest BCUT2D eigenvalue weighted by Crippen LogP contribution is 2.42. The molecule has 1 saturated carbocycles. The van der Waals surface area contributed by atoms with Crippen LogP contribution in [-0.2, 0) is 14.3 Å². The third-order valence-electron chi connectivity index (χ3n) is 5.61. The summed E-state index contributed by atoms with van der Waals surface area (Å²) in [5.41, 5.74) is 1.45. The van der Waals surface area contributed by atoms with Gasteiger partial charge in [-0.25, -0.2) is 0 Å². The van der Waals surface area contributed by atoms with Crippen molar-refractivity contribution in [3.05, 3.63) is 30.0 Å². The molecule has 2 heterocycles. The summed E-state index contributed by atoms with van der Waals surface area (Å²) in [6, 6.07) is 5.60. The molecule has 5 nitrogen and oxygen atoms in total. The third-order valence-corrected chi connectivity index (χ3v) is 5.61. The third kappa shape index (κ3) is 3.09. The van der Waals surface area contributed by atoms with Gasteiger partial charge in [-0.05, 0) is 43.9 Å². The number of hydrogen-bond acceptors (Lipinski definition) is 5. The lowest BCUT2D eigenvalue weighted by molar-refractivity contribution is -0.135. The fourth-order valence-electron chi connectivity index (χ4n) is 4.28. The Morgan fingerprint density at radius 1 is 1.19 bits per heavy atom. The van der Waals surface area contributed by atoms with E-state index in [0.717, 1.165) is 24.8 Å². The van der Waals surface area contributed by atoms with E-state index in [4.69, 9.17) is 18.9 Å². The standard InChI is InChI=1S/C21H26O5/c1-4-13-7-15-19(9-18(13)26-12(2)3)23-10-16(21(15)22)14-5-6-17-20(8-14)25-11-24-17/h5-6,8,10,12-13,15,18-19H,4,7,9,11H2,1-3H3. The van der Waals surface area contributed by atoms with Crippen LogP contribution in [0.15, 0.2) is 24.5 Å². The van der Waals surface area contributed by atoms with Crippen LogP contribution in [0.1, 0.15) is 45.6 Å². The van der Waals surface area contributed by atoms with Crippen LogP contribution < -0.4 is 9.47 Å². The number of allylic oxidation sites excluding steroid dienone is 1. The minimum Gasteiger partial charge on any atom is -0.496 e. The van der Waals surface area contributed by atoms with E-state index in [9.17, 15) is 4.79 Å². The van der Waals surface area contributed by atoms with Gasteiger partial charge in [0.25, 0.3) is 0 Å². The maximum Gasteiger partial charge on any atom is 0.231 e. The van der Waals surface area contributed by atoms with Crippen LogP contribution in [0.2, 0.25) is 0 Å². The smallest absolute Gasteiger partial charge is 0.231 e. The van der Waals surface area contributed by atoms with Crippen molar-refractivity contribution in [1.82, 2.24) is 0 Å². The predicted molar refractivity (Wildman–Crippen MR) is 96.9 cm³/mol. The molecule has 140 valence electrons. The molecule has 1 aliphatic carbocycles. The van der Waals surface area contributed by atoms with Gasteiger partial charge in [0.05, 0.1) is 30.0 Å². The Morgan fingerprint density at radius 3 is 2.77 bits per heavy atom. The van der Waals surface area contributed by atoms with Crippen LogP contribution in [0.4, 0.5) is 0 Å². The van der Waals surface area contributed by atoms with E-state index < -0.39 is 0 Å². The lowest BCUT2D eigenvalue weighted by Crippen LogP contribution is -2.46. The molecule has 0 saturated heterocycles. The van der Waals surface area contributed by atoms with Crippen LogP contribution >= 0.6 is 0 Å². The number of ketones is 1. The Labute approximate surface area is 154 Å². The normalized spacial score (nSPS) is 30.0. The summed E-state index contributed by atoms with van der Waals surface area (Å²) in [6.07, 6.45) is 4.49. The van der Waals surface area contributed by atoms with Gasteiger partial charge >= 0.3 is 0 Å². The Hall–Kier alpha value is -2.01. The zero-order valence-corrected chi connectivity index (χ0v) is 15.6. The maximum atomic E-state index is 13.2. The number of hydrogen-bond donors (Lipinski definition) is 0. The van der Waals surface area contributed by atoms with Crippen molar-refractivity contribution < 1.29 is 23.7 Å². The van der Waals surface area contributed by atoms with E-state index in [1.807, 2.05) is 18.2 Å². The van der Waals surface area contributed by atoms with Crippen LogP contribution in [0.3, 0.4) is 0 Å². The summed E-state index contributed by atoms with van der Waals surface area (Å²) in [7, 11) is 0. The molecule has 0 amide bonds. The Morgan fingerprint density at radius 2 is 2.00 bits per heavy atom. The van der Waals surface area contributed by atoms with Gasteiger partial charge in [-0.15, -0.1) is 0 Å². The summed E-state index contributed by atoms with van der Waals surface area (Å²) < 4.78 is 22.9. The molecular weight excluding hydrogens is 332 g/mol. The van der Waals surface area contributed by atoms with E-state index in [2.05, 4.69) is 20.8 Å². The summed E-state index contributed by atoms with van der Waals surface area (Å²) in [5, 5.41) is 0. The van der Waals surface area contributed by atoms with E-state index in [1.54, 1.807) is 6.26 Å². The van der Waals surface area contributed by atoms with Crippen molar-refractivity contribution in [2.24, 2.45) is 11.8 Å². The lowest BCUT2D eigenvalue weighted by Gasteiger charge is -2.42. The molecule has 3 aliphatic rings. The van der Waals surface area contributed by atoms with Gasteiger partial charge < -0.3 is 18.9 Å². The van der Waals surface area contributed by atoms with E-state index in [0.29, 0.717) is 23.0 Å². The molecule has 0 aromatic heterocycles. The van der Waals surface area contributed by atoms with Crippen molar-refractivity contribution >= 4 is 11.4 Å². The largest absolute Gasteiger partial charge is 0.496 e. The summed E-state index contributed by atoms with van der Waals surface area (Å²) in [6.45, 7) is 6.51. The Balaban J connectivity index is 1.57. The number of ether oxygens (including phenoxy) is 4. The number of Topliss-reactive ketones (excluding diaryl/α,β-unsaturated/α-hetero) is 1. The van der Waals surface area contributed by atoms with E-state index >= 15 is 0 Å². The zero-order valence-electron chi connectivity index (χ0n) is 15.6. The minimum atomic E-state index is -0.0996. The molecule has 0 bridgehead atoms. The maximum absolute atomic E-state index is 13.2. The molecule has 5 heteroatoms. The van der Waals surface area contributed by atoms with Gasteiger partial charge in [0.2, 0.25) is 6.79 Å². The summed E-state index contributed by atoms with van der Waals surface area (Å²) >= 11 is 0. The van der Waals surface area contributed by atoms with Crippen molar-refractivity contribution in [3.8, 4) is 11.5 Å². The molecule has 1 fully saturated rings. The van der Waals surface area contributed by atoms with E-state index in [-0.39, 0.29) is 36.8 Å². The van der Waals surface area contributed by atoms with Crippen molar-refractivity contribution in [1.29, 1.82) is 0 Å². The number of carbonyl (C=O) groups is 1. The van der Waals surface area contributed by atoms with Crippen LogP contribution in [0, 0.1) is 11.8 Å². The average Bonchev–Trinajstić information content (AvgIpc) is 3.09. The number of benzene rings is 1. The molecule has 4 unspecified atom stereocenters. The minimum absolute atomic E-state index is 0.0909. The molecule has 26 heavy (non-hydrogen) atoms. The first-order valence-electron chi connectivity index (χ1n) is 9.52. The molecule has 2 aliphatic heterocycles. The molecular formula is C21H26O5.